The Hall–Kier alpha value is -2.16. The zero-order valence-electron chi connectivity index (χ0n) is 9.00. The molecule has 0 saturated heterocycles. The topological polar surface area (TPSA) is 73.1 Å². The van der Waals surface area contributed by atoms with Crippen molar-refractivity contribution in [1.29, 1.82) is 5.26 Å². The number of halogens is 2. The Morgan fingerprint density at radius 3 is 2.41 bits per heavy atom. The number of carboxylic acids is 1. The molecule has 0 aliphatic carbocycles. The molecular formula is C11H10F2N2O2. The molecule has 0 aliphatic heterocycles. The van der Waals surface area contributed by atoms with Crippen LogP contribution in [0.15, 0.2) is 12.1 Å². The number of carboxylic acid groups (broad SMARTS) is 1. The lowest BCUT2D eigenvalue weighted by molar-refractivity contribution is -0.137. The highest BCUT2D eigenvalue weighted by Gasteiger charge is 2.19. The fraction of sp³-hybridized carbons (Fsp3) is 0.273. The molecule has 1 aromatic rings. The molecule has 90 valence electrons. The molecule has 0 aliphatic rings. The zero-order valence-corrected chi connectivity index (χ0v) is 9.00. The third kappa shape index (κ3) is 2.91. The van der Waals surface area contributed by atoms with Crippen molar-refractivity contribution in [2.75, 3.05) is 5.32 Å². The van der Waals surface area contributed by atoms with Crippen molar-refractivity contribution in [1.82, 2.24) is 0 Å². The van der Waals surface area contributed by atoms with Crippen molar-refractivity contribution < 1.29 is 18.7 Å². The van der Waals surface area contributed by atoms with Crippen molar-refractivity contribution in [3.05, 3.63) is 29.3 Å². The number of aliphatic carboxylic acids is 1. The van der Waals surface area contributed by atoms with Gasteiger partial charge >= 0.3 is 5.97 Å². The number of anilines is 1. The van der Waals surface area contributed by atoms with Crippen LogP contribution in [0, 0.1) is 23.0 Å². The highest BCUT2D eigenvalue weighted by molar-refractivity contribution is 5.77. The summed E-state index contributed by atoms with van der Waals surface area (Å²) in [5, 5.41) is 19.5. The second-order valence-corrected chi connectivity index (χ2v) is 3.37. The maximum Gasteiger partial charge on any atom is 0.326 e. The number of hydrogen-bond donors (Lipinski definition) is 2. The summed E-state index contributed by atoms with van der Waals surface area (Å²) < 4.78 is 26.8. The number of rotatable bonds is 4. The van der Waals surface area contributed by atoms with Crippen LogP contribution in [-0.2, 0) is 4.79 Å². The second kappa shape index (κ2) is 5.25. The molecule has 0 heterocycles. The molecule has 1 atom stereocenters. The smallest absolute Gasteiger partial charge is 0.326 e. The van der Waals surface area contributed by atoms with Crippen LogP contribution in [0.1, 0.15) is 18.9 Å². The quantitative estimate of drug-likeness (QED) is 0.845. The molecule has 1 aromatic carbocycles. The van der Waals surface area contributed by atoms with Gasteiger partial charge in [-0.3, -0.25) is 0 Å². The van der Waals surface area contributed by atoms with Crippen LogP contribution < -0.4 is 5.32 Å². The summed E-state index contributed by atoms with van der Waals surface area (Å²) >= 11 is 0. The Morgan fingerprint density at radius 2 is 2.06 bits per heavy atom. The van der Waals surface area contributed by atoms with Crippen LogP contribution in [-0.4, -0.2) is 17.1 Å². The van der Waals surface area contributed by atoms with E-state index < -0.39 is 29.3 Å². The molecule has 6 heteroatoms. The first kappa shape index (κ1) is 12.9. The average molecular weight is 240 g/mol. The molecule has 1 rings (SSSR count). The van der Waals surface area contributed by atoms with E-state index in [1.807, 2.05) is 0 Å². The van der Waals surface area contributed by atoms with Gasteiger partial charge in [-0.2, -0.15) is 5.26 Å². The minimum atomic E-state index is -1.20. The van der Waals surface area contributed by atoms with Crippen molar-refractivity contribution in [3.8, 4) is 6.07 Å². The Kier molecular flexibility index (Phi) is 3.99. The lowest BCUT2D eigenvalue weighted by Gasteiger charge is -2.15. The van der Waals surface area contributed by atoms with Crippen LogP contribution in [0.25, 0.3) is 0 Å². The molecular weight excluding hydrogens is 230 g/mol. The first-order valence-electron chi connectivity index (χ1n) is 4.88. The van der Waals surface area contributed by atoms with Gasteiger partial charge in [0, 0.05) is 0 Å². The van der Waals surface area contributed by atoms with Gasteiger partial charge in [0.2, 0.25) is 0 Å². The lowest BCUT2D eigenvalue weighted by Crippen LogP contribution is -2.29. The van der Waals surface area contributed by atoms with Crippen LogP contribution in [0.2, 0.25) is 0 Å². The Morgan fingerprint density at radius 1 is 1.53 bits per heavy atom. The Balaban J connectivity index is 3.07. The molecule has 17 heavy (non-hydrogen) atoms. The summed E-state index contributed by atoms with van der Waals surface area (Å²) in [6, 6.07) is 2.22. The number of carbonyl (C=O) groups is 1. The van der Waals surface area contributed by atoms with E-state index in [-0.39, 0.29) is 12.0 Å². The van der Waals surface area contributed by atoms with Crippen molar-refractivity contribution in [2.45, 2.75) is 19.4 Å². The average Bonchev–Trinajstić information content (AvgIpc) is 2.27. The fourth-order valence-corrected chi connectivity index (χ4v) is 1.29. The van der Waals surface area contributed by atoms with Gasteiger partial charge in [0.25, 0.3) is 0 Å². The predicted molar refractivity (Wildman–Crippen MR) is 56.4 cm³/mol. The largest absolute Gasteiger partial charge is 0.480 e. The first-order chi connectivity index (χ1) is 7.99. The summed E-state index contributed by atoms with van der Waals surface area (Å²) in [6.07, 6.45) is 0.175. The van der Waals surface area contributed by atoms with Crippen molar-refractivity contribution >= 4 is 11.7 Å². The van der Waals surface area contributed by atoms with Gasteiger partial charge in [-0.15, -0.1) is 0 Å². The number of nitriles is 1. The molecule has 1 unspecified atom stereocenters. The molecule has 0 bridgehead atoms. The number of nitrogens with zero attached hydrogens (tertiary/aromatic N) is 1. The zero-order chi connectivity index (χ0) is 13.0. The van der Waals surface area contributed by atoms with Gasteiger partial charge in [-0.1, -0.05) is 6.92 Å². The minimum absolute atomic E-state index is 0.158. The second-order valence-electron chi connectivity index (χ2n) is 3.37. The van der Waals surface area contributed by atoms with E-state index in [2.05, 4.69) is 5.32 Å². The third-order valence-corrected chi connectivity index (χ3v) is 2.20. The van der Waals surface area contributed by atoms with E-state index >= 15 is 0 Å². The van der Waals surface area contributed by atoms with Crippen molar-refractivity contribution in [3.63, 3.8) is 0 Å². The molecule has 2 N–H and O–H groups in total. The highest BCUT2D eigenvalue weighted by Crippen LogP contribution is 2.21. The molecule has 0 amide bonds. The van der Waals surface area contributed by atoms with Gasteiger partial charge < -0.3 is 10.4 Å². The summed E-state index contributed by atoms with van der Waals surface area (Å²) in [5.74, 6) is -3.17. The molecule has 0 fully saturated rings. The monoisotopic (exact) mass is 240 g/mol. The van der Waals surface area contributed by atoms with Gasteiger partial charge in [-0.25, -0.2) is 13.6 Å². The standard InChI is InChI=1S/C11H10F2N2O2/c1-2-9(11(16)17)15-10-7(12)3-6(5-14)4-8(10)13/h3-4,9,15H,2H2,1H3,(H,16,17). The maximum atomic E-state index is 13.4. The SMILES string of the molecule is CCC(Nc1c(F)cc(C#N)cc1F)C(=O)O. The lowest BCUT2D eigenvalue weighted by atomic mass is 10.1. The Bertz CT molecular complexity index is 460. The first-order valence-corrected chi connectivity index (χ1v) is 4.88. The van der Waals surface area contributed by atoms with Gasteiger partial charge in [0.1, 0.15) is 11.7 Å². The summed E-state index contributed by atoms with van der Waals surface area (Å²) in [6.45, 7) is 1.57. The van der Waals surface area contributed by atoms with E-state index in [1.165, 1.54) is 0 Å². The van der Waals surface area contributed by atoms with Crippen LogP contribution in [0.4, 0.5) is 14.5 Å². The van der Waals surface area contributed by atoms with E-state index in [1.54, 1.807) is 13.0 Å². The van der Waals surface area contributed by atoms with Gasteiger partial charge in [-0.05, 0) is 18.6 Å². The molecule has 0 radical (unpaired) electrons. The summed E-state index contributed by atoms with van der Waals surface area (Å²) in [4.78, 5) is 10.7. The molecule has 4 nitrogen and oxygen atoms in total. The van der Waals surface area contributed by atoms with E-state index in [0.717, 1.165) is 12.1 Å². The number of benzene rings is 1. The minimum Gasteiger partial charge on any atom is -0.480 e. The van der Waals surface area contributed by atoms with Gasteiger partial charge in [0.15, 0.2) is 11.6 Å². The normalized spacial score (nSPS) is 11.6. The van der Waals surface area contributed by atoms with E-state index in [9.17, 15) is 13.6 Å². The molecule has 0 aromatic heterocycles. The fourth-order valence-electron chi connectivity index (χ4n) is 1.29. The number of hydrogen-bond acceptors (Lipinski definition) is 3. The van der Waals surface area contributed by atoms with Gasteiger partial charge in [0.05, 0.1) is 11.6 Å². The van der Waals surface area contributed by atoms with E-state index in [4.69, 9.17) is 10.4 Å². The summed E-state index contributed by atoms with van der Waals surface area (Å²) in [5.41, 5.74) is -0.688. The predicted octanol–water partition coefficient (Wildman–Crippen LogP) is 2.11. The van der Waals surface area contributed by atoms with Crippen LogP contribution in [0.3, 0.4) is 0 Å². The number of nitrogens with one attached hydrogen (secondary N) is 1. The summed E-state index contributed by atoms with van der Waals surface area (Å²) in [7, 11) is 0. The third-order valence-electron chi connectivity index (χ3n) is 2.20. The van der Waals surface area contributed by atoms with Crippen LogP contribution in [0.5, 0.6) is 0 Å². The van der Waals surface area contributed by atoms with Crippen molar-refractivity contribution in [2.24, 2.45) is 0 Å². The highest BCUT2D eigenvalue weighted by atomic mass is 19.1. The van der Waals surface area contributed by atoms with Crippen LogP contribution >= 0.6 is 0 Å². The maximum absolute atomic E-state index is 13.4. The molecule has 0 spiro atoms. The Labute approximate surface area is 96.5 Å². The van der Waals surface area contributed by atoms with E-state index in [0.29, 0.717) is 0 Å². The molecule has 0 saturated carbocycles.